The van der Waals surface area contributed by atoms with Gasteiger partial charge in [-0.05, 0) is 35.9 Å². The molecule has 4 aromatic rings. The summed E-state index contributed by atoms with van der Waals surface area (Å²) in [6, 6.07) is 18.8. The molecule has 0 aliphatic carbocycles. The average molecular weight is 544 g/mol. The van der Waals surface area contributed by atoms with Crippen LogP contribution in [0.25, 0.3) is 11.3 Å². The van der Waals surface area contributed by atoms with E-state index in [0.29, 0.717) is 37.1 Å². The lowest BCUT2D eigenvalue weighted by atomic mass is 10.1. The Balaban J connectivity index is 1.30. The van der Waals surface area contributed by atoms with E-state index in [2.05, 4.69) is 51.8 Å². The molecule has 1 amide bonds. The number of rotatable bonds is 9. The third-order valence-corrected chi connectivity index (χ3v) is 5.56. The van der Waals surface area contributed by atoms with Crippen molar-refractivity contribution < 1.29 is 4.79 Å². The summed E-state index contributed by atoms with van der Waals surface area (Å²) in [5, 5.41) is 18.0. The number of hydrogen-bond donors (Lipinski definition) is 4. The van der Waals surface area contributed by atoms with Crippen molar-refractivity contribution in [3.63, 3.8) is 0 Å². The van der Waals surface area contributed by atoms with Gasteiger partial charge in [-0.1, -0.05) is 40.2 Å². The van der Waals surface area contributed by atoms with Crippen molar-refractivity contribution in [2.24, 2.45) is 0 Å². The van der Waals surface area contributed by atoms with Crippen molar-refractivity contribution in [2.45, 2.75) is 6.54 Å². The minimum absolute atomic E-state index is 0.131. The molecule has 10 nitrogen and oxygen atoms in total. The SMILES string of the molecule is N#Cc1cnc(NCCNc2nccc(-c3ccc(C(=O)NCc4cccc(Br)c4)cc3)n2)nc1N. The predicted molar refractivity (Wildman–Crippen MR) is 141 cm³/mol. The molecule has 0 aliphatic rings. The Kier molecular flexibility index (Phi) is 8.00. The Morgan fingerprint density at radius 1 is 1.00 bits per heavy atom. The maximum atomic E-state index is 12.5. The summed E-state index contributed by atoms with van der Waals surface area (Å²) >= 11 is 3.43. The van der Waals surface area contributed by atoms with Crippen LogP contribution in [0.3, 0.4) is 0 Å². The van der Waals surface area contributed by atoms with E-state index in [1.165, 1.54) is 6.20 Å². The molecular weight excluding hydrogens is 522 g/mol. The van der Waals surface area contributed by atoms with Gasteiger partial charge in [0.2, 0.25) is 11.9 Å². The van der Waals surface area contributed by atoms with Gasteiger partial charge in [0.25, 0.3) is 5.91 Å². The number of nitriles is 1. The van der Waals surface area contributed by atoms with Gasteiger partial charge >= 0.3 is 0 Å². The van der Waals surface area contributed by atoms with Crippen LogP contribution in [0.4, 0.5) is 17.7 Å². The van der Waals surface area contributed by atoms with Gasteiger partial charge < -0.3 is 21.7 Å². The second-order valence-corrected chi connectivity index (χ2v) is 8.53. The Hall–Kier alpha value is -4.56. The lowest BCUT2D eigenvalue weighted by Crippen LogP contribution is -2.22. The molecule has 0 fully saturated rings. The highest BCUT2D eigenvalue weighted by Gasteiger charge is 2.08. The summed E-state index contributed by atoms with van der Waals surface area (Å²) in [5.74, 6) is 0.785. The number of halogens is 1. The second-order valence-electron chi connectivity index (χ2n) is 7.61. The van der Waals surface area contributed by atoms with Crippen LogP contribution in [0.5, 0.6) is 0 Å². The molecule has 0 saturated heterocycles. The van der Waals surface area contributed by atoms with Crippen LogP contribution in [0, 0.1) is 11.3 Å². The molecule has 36 heavy (non-hydrogen) atoms. The van der Waals surface area contributed by atoms with E-state index in [0.717, 1.165) is 21.3 Å². The number of hydrogen-bond acceptors (Lipinski definition) is 9. The lowest BCUT2D eigenvalue weighted by Gasteiger charge is -2.09. The molecular formula is C25H22BrN9O. The zero-order valence-corrected chi connectivity index (χ0v) is 20.7. The van der Waals surface area contributed by atoms with Crippen molar-refractivity contribution in [2.75, 3.05) is 29.5 Å². The minimum Gasteiger partial charge on any atom is -0.382 e. The van der Waals surface area contributed by atoms with Crippen molar-refractivity contribution >= 4 is 39.6 Å². The smallest absolute Gasteiger partial charge is 0.251 e. The number of anilines is 3. The maximum Gasteiger partial charge on any atom is 0.251 e. The molecule has 0 bridgehead atoms. The molecule has 0 saturated carbocycles. The Labute approximate surface area is 216 Å². The van der Waals surface area contributed by atoms with Crippen LogP contribution in [0.2, 0.25) is 0 Å². The third-order valence-electron chi connectivity index (χ3n) is 5.07. The Bertz CT molecular complexity index is 1400. The van der Waals surface area contributed by atoms with Gasteiger partial charge in [0.15, 0.2) is 0 Å². The number of carbonyl (C=O) groups excluding carboxylic acids is 1. The fourth-order valence-corrected chi connectivity index (χ4v) is 3.69. The summed E-state index contributed by atoms with van der Waals surface area (Å²) < 4.78 is 0.971. The van der Waals surface area contributed by atoms with E-state index >= 15 is 0 Å². The van der Waals surface area contributed by atoms with Crippen LogP contribution in [0.15, 0.2) is 71.5 Å². The van der Waals surface area contributed by atoms with E-state index in [4.69, 9.17) is 11.0 Å². The van der Waals surface area contributed by atoms with Gasteiger partial charge in [-0.3, -0.25) is 4.79 Å². The summed E-state index contributed by atoms with van der Waals surface area (Å²) in [6.07, 6.45) is 3.04. The van der Waals surface area contributed by atoms with Gasteiger partial charge in [-0.25, -0.2) is 15.0 Å². The second kappa shape index (κ2) is 11.7. The van der Waals surface area contributed by atoms with Crippen LogP contribution >= 0.6 is 15.9 Å². The normalized spacial score (nSPS) is 10.3. The number of amides is 1. The van der Waals surface area contributed by atoms with Crippen LogP contribution in [-0.4, -0.2) is 38.9 Å². The Morgan fingerprint density at radius 2 is 1.75 bits per heavy atom. The standard InChI is InChI=1S/C25H22BrN9O/c26-20-3-1-2-16(12-20)14-32-23(36)18-6-4-17(5-7-18)21-8-9-29-24(34-21)30-10-11-31-25-33-15-19(13-27)22(28)35-25/h1-9,12,15H,10-11,14H2,(H,32,36)(H,29,30,34)(H3,28,31,33,35). The zero-order valence-electron chi connectivity index (χ0n) is 19.1. The fraction of sp³-hybridized carbons (Fsp3) is 0.120. The number of nitrogens with two attached hydrogens (primary N) is 1. The molecule has 2 aromatic carbocycles. The number of nitrogens with one attached hydrogen (secondary N) is 3. The average Bonchev–Trinajstić information content (AvgIpc) is 2.90. The van der Waals surface area contributed by atoms with E-state index < -0.39 is 0 Å². The molecule has 2 heterocycles. The molecule has 4 rings (SSSR count). The molecule has 2 aromatic heterocycles. The largest absolute Gasteiger partial charge is 0.382 e. The summed E-state index contributed by atoms with van der Waals surface area (Å²) in [4.78, 5) is 29.4. The molecule has 11 heteroatoms. The van der Waals surface area contributed by atoms with Crippen molar-refractivity contribution in [1.82, 2.24) is 25.3 Å². The predicted octanol–water partition coefficient (Wildman–Crippen LogP) is 3.60. The molecule has 0 radical (unpaired) electrons. The van der Waals surface area contributed by atoms with Gasteiger partial charge in [0.1, 0.15) is 17.5 Å². The lowest BCUT2D eigenvalue weighted by molar-refractivity contribution is 0.0951. The van der Waals surface area contributed by atoms with Crippen LogP contribution < -0.4 is 21.7 Å². The third kappa shape index (κ3) is 6.52. The van der Waals surface area contributed by atoms with E-state index in [-0.39, 0.29) is 17.3 Å². The first-order chi connectivity index (χ1) is 17.5. The van der Waals surface area contributed by atoms with Gasteiger partial charge in [0.05, 0.1) is 11.9 Å². The first-order valence-corrected chi connectivity index (χ1v) is 11.8. The van der Waals surface area contributed by atoms with Crippen molar-refractivity contribution in [1.29, 1.82) is 5.26 Å². The van der Waals surface area contributed by atoms with E-state index in [1.54, 1.807) is 24.4 Å². The van der Waals surface area contributed by atoms with E-state index in [9.17, 15) is 4.79 Å². The molecule has 5 N–H and O–H groups in total. The zero-order chi connectivity index (χ0) is 25.3. The number of nitrogens with zero attached hydrogens (tertiary/aromatic N) is 5. The van der Waals surface area contributed by atoms with Crippen molar-refractivity contribution in [3.8, 4) is 17.3 Å². The number of aromatic nitrogens is 4. The monoisotopic (exact) mass is 543 g/mol. The topological polar surface area (TPSA) is 155 Å². The van der Waals surface area contributed by atoms with Crippen molar-refractivity contribution in [3.05, 3.63) is 88.2 Å². The highest BCUT2D eigenvalue weighted by Crippen LogP contribution is 2.19. The summed E-state index contributed by atoms with van der Waals surface area (Å²) in [6.45, 7) is 1.44. The molecule has 0 atom stereocenters. The first-order valence-electron chi connectivity index (χ1n) is 11.0. The molecule has 0 aliphatic heterocycles. The highest BCUT2D eigenvalue weighted by molar-refractivity contribution is 9.10. The number of nitrogen functional groups attached to an aromatic ring is 1. The van der Waals surface area contributed by atoms with Gasteiger partial charge in [0, 0.05) is 41.4 Å². The first kappa shape index (κ1) is 24.6. The van der Waals surface area contributed by atoms with Crippen LogP contribution in [0.1, 0.15) is 21.5 Å². The van der Waals surface area contributed by atoms with Gasteiger partial charge in [-0.15, -0.1) is 0 Å². The minimum atomic E-state index is -0.146. The number of carbonyl (C=O) groups is 1. The van der Waals surface area contributed by atoms with E-state index in [1.807, 2.05) is 42.5 Å². The molecule has 180 valence electrons. The fourth-order valence-electron chi connectivity index (χ4n) is 3.24. The highest BCUT2D eigenvalue weighted by atomic mass is 79.9. The van der Waals surface area contributed by atoms with Crippen LogP contribution in [-0.2, 0) is 6.54 Å². The Morgan fingerprint density at radius 3 is 2.44 bits per heavy atom. The quantitative estimate of drug-likeness (QED) is 0.231. The molecule has 0 unspecified atom stereocenters. The van der Waals surface area contributed by atoms with Gasteiger partial charge in [-0.2, -0.15) is 10.2 Å². The number of benzene rings is 2. The summed E-state index contributed by atoms with van der Waals surface area (Å²) in [5.41, 5.74) is 9.10. The molecule has 0 spiro atoms. The maximum absolute atomic E-state index is 12.5. The summed E-state index contributed by atoms with van der Waals surface area (Å²) in [7, 11) is 0.